The van der Waals surface area contributed by atoms with Crippen LogP contribution in [0.25, 0.3) is 33.2 Å². The van der Waals surface area contributed by atoms with Crippen molar-refractivity contribution in [1.29, 1.82) is 0 Å². The molecule has 4 aromatic carbocycles. The Hall–Kier alpha value is -4.03. The fourth-order valence-corrected chi connectivity index (χ4v) is 4.99. The van der Waals surface area contributed by atoms with Crippen molar-refractivity contribution in [2.45, 2.75) is 25.9 Å². The van der Waals surface area contributed by atoms with Gasteiger partial charge in [0.15, 0.2) is 0 Å². The van der Waals surface area contributed by atoms with E-state index in [9.17, 15) is 23.1 Å². The number of fused-ring (bicyclic) bond motifs is 1. The number of rotatable bonds is 6. The number of aryl methyl sites for hydroxylation is 1. The van der Waals surface area contributed by atoms with E-state index >= 15 is 0 Å². The number of halogens is 4. The number of aromatic carboxylic acids is 1. The van der Waals surface area contributed by atoms with Gasteiger partial charge in [0.25, 0.3) is 0 Å². The summed E-state index contributed by atoms with van der Waals surface area (Å²) in [6.07, 6.45) is -3.48. The average Bonchev–Trinajstić information content (AvgIpc) is 3.30. The van der Waals surface area contributed by atoms with Crippen molar-refractivity contribution in [2.24, 2.45) is 0 Å². The summed E-state index contributed by atoms with van der Waals surface area (Å²) in [7, 11) is 0. The SMILES string of the molecule is CCc1ccc(-c2c(C(=O)O)[nH]c3ccc(-c4ccc(Cl)cc4)c(Cc4cccc(C(F)(F)F)c4)c23)cc1. The number of H-pyrrole nitrogens is 1. The van der Waals surface area contributed by atoms with Crippen LogP contribution in [0.5, 0.6) is 0 Å². The van der Waals surface area contributed by atoms with E-state index in [0.717, 1.165) is 40.8 Å². The summed E-state index contributed by atoms with van der Waals surface area (Å²) in [4.78, 5) is 15.4. The Morgan fingerprint density at radius 2 is 1.58 bits per heavy atom. The van der Waals surface area contributed by atoms with Crippen molar-refractivity contribution in [3.05, 3.63) is 118 Å². The first kappa shape index (κ1) is 25.6. The van der Waals surface area contributed by atoms with E-state index < -0.39 is 17.7 Å². The molecule has 0 fully saturated rings. The maximum Gasteiger partial charge on any atom is 0.416 e. The van der Waals surface area contributed by atoms with Crippen LogP contribution in [0.2, 0.25) is 5.02 Å². The molecule has 0 atom stereocenters. The van der Waals surface area contributed by atoms with Gasteiger partial charge in [0.1, 0.15) is 5.69 Å². The molecule has 7 heteroatoms. The topological polar surface area (TPSA) is 53.1 Å². The molecule has 0 aliphatic rings. The normalized spacial score (nSPS) is 11.7. The molecule has 2 N–H and O–H groups in total. The molecule has 0 unspecified atom stereocenters. The van der Waals surface area contributed by atoms with Gasteiger partial charge in [-0.25, -0.2) is 4.79 Å². The quantitative estimate of drug-likeness (QED) is 0.229. The minimum absolute atomic E-state index is 0.0304. The van der Waals surface area contributed by atoms with Crippen molar-refractivity contribution in [2.75, 3.05) is 0 Å². The van der Waals surface area contributed by atoms with Gasteiger partial charge in [0.2, 0.25) is 0 Å². The predicted octanol–water partition coefficient (Wildman–Crippen LogP) is 9.03. The molecule has 5 rings (SSSR count). The summed E-state index contributed by atoms with van der Waals surface area (Å²) < 4.78 is 40.5. The number of carbonyl (C=O) groups is 1. The number of carboxylic acids is 1. The number of aromatic amines is 1. The van der Waals surface area contributed by atoms with Crippen LogP contribution < -0.4 is 0 Å². The molecule has 38 heavy (non-hydrogen) atoms. The van der Waals surface area contributed by atoms with Crippen LogP contribution in [-0.4, -0.2) is 16.1 Å². The highest BCUT2D eigenvalue weighted by Gasteiger charge is 2.30. The highest BCUT2D eigenvalue weighted by atomic mass is 35.5. The fourth-order valence-electron chi connectivity index (χ4n) is 4.86. The van der Waals surface area contributed by atoms with Crippen LogP contribution in [0.3, 0.4) is 0 Å². The molecule has 1 heterocycles. The Kier molecular flexibility index (Phi) is 6.76. The second-order valence-corrected chi connectivity index (χ2v) is 9.56. The minimum Gasteiger partial charge on any atom is -0.477 e. The number of carboxylic acid groups (broad SMARTS) is 1. The summed E-state index contributed by atoms with van der Waals surface area (Å²) in [5.41, 5.74) is 5.02. The Morgan fingerprint density at radius 3 is 2.21 bits per heavy atom. The van der Waals surface area contributed by atoms with Gasteiger partial charge in [0.05, 0.1) is 5.56 Å². The summed E-state index contributed by atoms with van der Waals surface area (Å²) >= 11 is 6.12. The number of alkyl halides is 3. The van der Waals surface area contributed by atoms with Crippen molar-refractivity contribution in [3.63, 3.8) is 0 Å². The molecular weight excluding hydrogens is 511 g/mol. The van der Waals surface area contributed by atoms with Crippen molar-refractivity contribution in [1.82, 2.24) is 4.98 Å². The predicted molar refractivity (Wildman–Crippen MR) is 145 cm³/mol. The maximum absolute atomic E-state index is 13.5. The highest BCUT2D eigenvalue weighted by Crippen LogP contribution is 2.41. The number of aromatic nitrogens is 1. The molecular formula is C31H23ClF3NO2. The van der Waals surface area contributed by atoms with Crippen LogP contribution >= 0.6 is 11.6 Å². The number of hydrogen-bond donors (Lipinski definition) is 2. The van der Waals surface area contributed by atoms with Crippen LogP contribution in [-0.2, 0) is 19.0 Å². The Morgan fingerprint density at radius 1 is 0.895 bits per heavy atom. The highest BCUT2D eigenvalue weighted by molar-refractivity contribution is 6.30. The smallest absolute Gasteiger partial charge is 0.416 e. The van der Waals surface area contributed by atoms with E-state index in [4.69, 9.17) is 11.6 Å². The average molecular weight is 534 g/mol. The van der Waals surface area contributed by atoms with E-state index in [1.54, 1.807) is 18.2 Å². The monoisotopic (exact) mass is 533 g/mol. The third kappa shape index (κ3) is 4.92. The van der Waals surface area contributed by atoms with Gasteiger partial charge in [-0.1, -0.05) is 79.2 Å². The Balaban J connectivity index is 1.81. The zero-order valence-electron chi connectivity index (χ0n) is 20.4. The van der Waals surface area contributed by atoms with E-state index in [-0.39, 0.29) is 12.1 Å². The van der Waals surface area contributed by atoms with E-state index in [1.807, 2.05) is 55.5 Å². The van der Waals surface area contributed by atoms with Gasteiger partial charge in [-0.2, -0.15) is 13.2 Å². The molecule has 0 aliphatic carbocycles. The Labute approximate surface area is 222 Å². The molecule has 0 saturated carbocycles. The molecule has 192 valence electrons. The zero-order valence-corrected chi connectivity index (χ0v) is 21.1. The van der Waals surface area contributed by atoms with Gasteiger partial charge in [-0.05, 0) is 70.5 Å². The van der Waals surface area contributed by atoms with Gasteiger partial charge < -0.3 is 10.1 Å². The van der Waals surface area contributed by atoms with Crippen LogP contribution in [0.15, 0.2) is 84.9 Å². The second-order valence-electron chi connectivity index (χ2n) is 9.13. The molecule has 0 spiro atoms. The number of benzene rings is 4. The van der Waals surface area contributed by atoms with Crippen molar-refractivity contribution in [3.8, 4) is 22.3 Å². The summed E-state index contributed by atoms with van der Waals surface area (Å²) in [6, 6.07) is 23.8. The third-order valence-corrected chi connectivity index (χ3v) is 6.98. The van der Waals surface area contributed by atoms with Crippen molar-refractivity contribution < 1.29 is 23.1 Å². The van der Waals surface area contributed by atoms with E-state index in [1.165, 1.54) is 6.07 Å². The molecule has 0 amide bonds. The Bertz CT molecular complexity index is 1640. The number of hydrogen-bond acceptors (Lipinski definition) is 1. The number of nitrogens with one attached hydrogen (secondary N) is 1. The van der Waals surface area contributed by atoms with Crippen LogP contribution in [0.1, 0.15) is 39.7 Å². The van der Waals surface area contributed by atoms with Crippen molar-refractivity contribution >= 4 is 28.5 Å². The lowest BCUT2D eigenvalue weighted by atomic mass is 9.88. The standard InChI is InChI=1S/C31H23ClF3NO2/c1-2-18-6-8-21(9-7-18)27-28-25(17-19-4-3-5-22(16-19)31(33,34)35)24(20-10-12-23(32)13-11-20)14-15-26(28)36-29(27)30(37)38/h3-16,36H,2,17H2,1H3,(H,37,38). The lowest BCUT2D eigenvalue weighted by Crippen LogP contribution is -2.05. The molecule has 0 aliphatic heterocycles. The summed E-state index contributed by atoms with van der Waals surface area (Å²) in [5.74, 6) is -1.12. The largest absolute Gasteiger partial charge is 0.477 e. The summed E-state index contributed by atoms with van der Waals surface area (Å²) in [5, 5.41) is 11.3. The lowest BCUT2D eigenvalue weighted by Gasteiger charge is -2.15. The van der Waals surface area contributed by atoms with E-state index in [2.05, 4.69) is 4.98 Å². The van der Waals surface area contributed by atoms with Crippen LogP contribution in [0.4, 0.5) is 13.2 Å². The second kappa shape index (κ2) is 10.0. The summed E-state index contributed by atoms with van der Waals surface area (Å²) in [6.45, 7) is 2.04. The molecule has 0 radical (unpaired) electrons. The van der Waals surface area contributed by atoms with Gasteiger partial charge in [0, 0.05) is 21.5 Å². The zero-order chi connectivity index (χ0) is 27.0. The van der Waals surface area contributed by atoms with Gasteiger partial charge in [-0.3, -0.25) is 0 Å². The lowest BCUT2D eigenvalue weighted by molar-refractivity contribution is -0.137. The van der Waals surface area contributed by atoms with Gasteiger partial charge >= 0.3 is 12.1 Å². The molecule has 0 bridgehead atoms. The van der Waals surface area contributed by atoms with Gasteiger partial charge in [-0.15, -0.1) is 0 Å². The molecule has 3 nitrogen and oxygen atoms in total. The first-order chi connectivity index (χ1) is 18.2. The fraction of sp³-hybridized carbons (Fsp3) is 0.129. The third-order valence-electron chi connectivity index (χ3n) is 6.73. The van der Waals surface area contributed by atoms with E-state index in [0.29, 0.717) is 32.6 Å². The first-order valence-corrected chi connectivity index (χ1v) is 12.5. The first-order valence-electron chi connectivity index (χ1n) is 12.1. The maximum atomic E-state index is 13.5. The molecule has 1 aromatic heterocycles. The molecule has 0 saturated heterocycles. The minimum atomic E-state index is -4.47. The van der Waals surface area contributed by atoms with Crippen LogP contribution in [0, 0.1) is 0 Å². The molecule has 5 aromatic rings.